The first kappa shape index (κ1) is 19.5. The number of anilines is 1. The number of H-pyrrole nitrogens is 1. The number of halogens is 2. The molecule has 0 aliphatic heterocycles. The van der Waals surface area contributed by atoms with E-state index in [4.69, 9.17) is 4.74 Å². The van der Waals surface area contributed by atoms with Gasteiger partial charge in [0.15, 0.2) is 5.13 Å². The lowest BCUT2D eigenvalue weighted by molar-refractivity contribution is -0.117. The molecule has 3 heterocycles. The lowest BCUT2D eigenvalue weighted by Crippen LogP contribution is -2.14. The van der Waals surface area contributed by atoms with Crippen LogP contribution in [0.15, 0.2) is 18.3 Å². The van der Waals surface area contributed by atoms with Crippen LogP contribution in [-0.4, -0.2) is 45.3 Å². The average Bonchev–Trinajstić information content (AvgIpc) is 3.12. The number of fused-ring (bicyclic) bond motifs is 2. The number of nitrogens with one attached hydrogen (secondary N) is 2. The van der Waals surface area contributed by atoms with Gasteiger partial charge in [-0.3, -0.25) is 9.89 Å². The molecule has 0 saturated heterocycles. The number of carbonyl (C=O) groups is 2. The number of hydrogen-bond acceptors (Lipinski definition) is 7. The van der Waals surface area contributed by atoms with Crippen molar-refractivity contribution in [3.63, 3.8) is 0 Å². The molecule has 8 nitrogen and oxygen atoms in total. The molecule has 158 valence electrons. The van der Waals surface area contributed by atoms with E-state index in [0.717, 1.165) is 11.3 Å². The van der Waals surface area contributed by atoms with Gasteiger partial charge in [-0.15, -0.1) is 0 Å². The minimum atomic E-state index is -1.10. The third-order valence-corrected chi connectivity index (χ3v) is 6.14. The second kappa shape index (κ2) is 7.05. The van der Waals surface area contributed by atoms with Crippen molar-refractivity contribution in [3.8, 4) is 11.3 Å². The highest BCUT2D eigenvalue weighted by atomic mass is 32.1. The first-order valence-electron chi connectivity index (χ1n) is 9.35. The van der Waals surface area contributed by atoms with Crippen molar-refractivity contribution in [1.29, 1.82) is 0 Å². The molecule has 31 heavy (non-hydrogen) atoms. The fraction of sp³-hybridized carbons (Fsp3) is 0.250. The van der Waals surface area contributed by atoms with E-state index in [1.165, 1.54) is 13.3 Å². The molecule has 5 rings (SSSR count). The van der Waals surface area contributed by atoms with Crippen molar-refractivity contribution in [3.05, 3.63) is 35.3 Å². The molecule has 1 amide bonds. The Morgan fingerprint density at radius 1 is 1.32 bits per heavy atom. The number of pyridine rings is 1. The molecule has 1 aliphatic rings. The van der Waals surface area contributed by atoms with Crippen LogP contribution in [0, 0.1) is 18.7 Å². The van der Waals surface area contributed by atoms with Crippen molar-refractivity contribution < 1.29 is 23.1 Å². The molecule has 2 N–H and O–H groups in total. The topological polar surface area (TPSA) is 110 Å². The standard InChI is InChI=1S/C20H15F2N5O3S/c1-7-13(9-6-23-27-16(9)14(15(7)22)19(29)30-2)11-3-4-12-18(24-11)31-20(25-12)26-17(28)8-5-10(8)21/h3-4,6,8,10H,5H2,1-2H3,(H,23,27)(H,25,26,28)/t8-,10+/m1/s1. The molecule has 1 fully saturated rings. The number of ether oxygens (including phenoxy) is 1. The number of aromatic nitrogens is 4. The summed E-state index contributed by atoms with van der Waals surface area (Å²) in [6.07, 6.45) is 0.630. The minimum Gasteiger partial charge on any atom is -0.465 e. The smallest absolute Gasteiger partial charge is 0.343 e. The van der Waals surface area contributed by atoms with Crippen molar-refractivity contribution in [2.24, 2.45) is 5.92 Å². The lowest BCUT2D eigenvalue weighted by Gasteiger charge is -2.12. The number of thiazole rings is 1. The van der Waals surface area contributed by atoms with Gasteiger partial charge in [-0.2, -0.15) is 5.10 Å². The Balaban J connectivity index is 1.59. The first-order chi connectivity index (χ1) is 14.9. The summed E-state index contributed by atoms with van der Waals surface area (Å²) in [4.78, 5) is 33.5. The number of rotatable bonds is 4. The van der Waals surface area contributed by atoms with E-state index in [2.05, 4.69) is 25.5 Å². The van der Waals surface area contributed by atoms with Gasteiger partial charge in [-0.1, -0.05) is 11.3 Å². The number of methoxy groups -OCH3 is 1. The third kappa shape index (κ3) is 3.12. The van der Waals surface area contributed by atoms with Crippen molar-refractivity contribution >= 4 is 49.6 Å². The van der Waals surface area contributed by atoms with Crippen molar-refractivity contribution in [2.75, 3.05) is 12.4 Å². The maximum atomic E-state index is 15.1. The average molecular weight is 443 g/mol. The third-order valence-electron chi connectivity index (χ3n) is 5.26. The molecule has 1 aliphatic carbocycles. The highest BCUT2D eigenvalue weighted by Gasteiger charge is 2.43. The summed E-state index contributed by atoms with van der Waals surface area (Å²) >= 11 is 1.14. The molecular formula is C20H15F2N5O3S. The maximum Gasteiger partial charge on any atom is 0.343 e. The Kier molecular flexibility index (Phi) is 4.43. The van der Waals surface area contributed by atoms with E-state index in [1.54, 1.807) is 19.1 Å². The predicted octanol–water partition coefficient (Wildman–Crippen LogP) is 3.77. The lowest BCUT2D eigenvalue weighted by atomic mass is 9.96. The second-order valence-electron chi connectivity index (χ2n) is 7.23. The van der Waals surface area contributed by atoms with Gasteiger partial charge in [0, 0.05) is 10.9 Å². The summed E-state index contributed by atoms with van der Waals surface area (Å²) < 4.78 is 32.9. The number of aromatic amines is 1. The zero-order chi connectivity index (χ0) is 21.9. The van der Waals surface area contributed by atoms with Gasteiger partial charge in [0.25, 0.3) is 0 Å². The molecule has 1 aromatic carbocycles. The molecule has 2 atom stereocenters. The van der Waals surface area contributed by atoms with Crippen LogP contribution in [-0.2, 0) is 9.53 Å². The summed E-state index contributed by atoms with van der Waals surface area (Å²) in [5.41, 5.74) is 1.71. The molecular weight excluding hydrogens is 428 g/mol. The van der Waals surface area contributed by atoms with E-state index in [1.807, 2.05) is 0 Å². The number of esters is 1. The summed E-state index contributed by atoms with van der Waals surface area (Å²) in [6.45, 7) is 1.55. The second-order valence-corrected chi connectivity index (χ2v) is 8.20. The molecule has 0 spiro atoms. The van der Waals surface area contributed by atoms with E-state index in [0.29, 0.717) is 32.1 Å². The van der Waals surface area contributed by atoms with Crippen molar-refractivity contribution in [2.45, 2.75) is 19.5 Å². The highest BCUT2D eigenvalue weighted by Crippen LogP contribution is 2.38. The zero-order valence-electron chi connectivity index (χ0n) is 16.3. The van der Waals surface area contributed by atoms with Crippen LogP contribution in [0.1, 0.15) is 22.3 Å². The van der Waals surface area contributed by atoms with Gasteiger partial charge in [0.1, 0.15) is 27.9 Å². The van der Waals surface area contributed by atoms with Gasteiger partial charge in [-0.05, 0) is 31.0 Å². The number of hydrogen-bond donors (Lipinski definition) is 2. The number of nitrogens with zero attached hydrogens (tertiary/aromatic N) is 3. The van der Waals surface area contributed by atoms with E-state index >= 15 is 4.39 Å². The number of benzene rings is 1. The Morgan fingerprint density at radius 2 is 2.10 bits per heavy atom. The van der Waals surface area contributed by atoms with Gasteiger partial charge in [0.05, 0.1) is 30.4 Å². The monoisotopic (exact) mass is 443 g/mol. The fourth-order valence-corrected chi connectivity index (χ4v) is 4.38. The summed E-state index contributed by atoms with van der Waals surface area (Å²) in [6, 6.07) is 3.38. The van der Waals surface area contributed by atoms with Crippen LogP contribution in [0.4, 0.5) is 13.9 Å². The largest absolute Gasteiger partial charge is 0.465 e. The van der Waals surface area contributed by atoms with Gasteiger partial charge >= 0.3 is 5.97 Å². The van der Waals surface area contributed by atoms with Crippen LogP contribution in [0.3, 0.4) is 0 Å². The van der Waals surface area contributed by atoms with Crippen LogP contribution in [0.25, 0.3) is 32.5 Å². The minimum absolute atomic E-state index is 0.216. The Morgan fingerprint density at radius 3 is 2.81 bits per heavy atom. The number of amides is 1. The molecule has 1 saturated carbocycles. The summed E-state index contributed by atoms with van der Waals surface area (Å²) in [5.74, 6) is -2.55. The molecule has 0 unspecified atom stereocenters. The normalized spacial score (nSPS) is 17.8. The van der Waals surface area contributed by atoms with Gasteiger partial charge in [0.2, 0.25) is 5.91 Å². The van der Waals surface area contributed by atoms with Gasteiger partial charge < -0.3 is 10.1 Å². The molecule has 3 aromatic heterocycles. The summed E-state index contributed by atoms with van der Waals surface area (Å²) in [7, 11) is 1.18. The maximum absolute atomic E-state index is 15.1. The van der Waals surface area contributed by atoms with E-state index in [9.17, 15) is 14.0 Å². The van der Waals surface area contributed by atoms with E-state index < -0.39 is 29.8 Å². The molecule has 0 radical (unpaired) electrons. The number of alkyl halides is 1. The first-order valence-corrected chi connectivity index (χ1v) is 10.2. The predicted molar refractivity (Wildman–Crippen MR) is 110 cm³/mol. The SMILES string of the molecule is COC(=O)c1c(F)c(C)c(-c2ccc3nc(NC(=O)[C@@H]4C[C@@H]4F)sc3n2)c2cn[nH]c12. The van der Waals surface area contributed by atoms with E-state index in [-0.39, 0.29) is 23.1 Å². The van der Waals surface area contributed by atoms with Crippen molar-refractivity contribution in [1.82, 2.24) is 20.2 Å². The molecule has 4 aromatic rings. The quantitative estimate of drug-likeness (QED) is 0.465. The molecule has 0 bridgehead atoms. The van der Waals surface area contributed by atoms with Crippen LogP contribution < -0.4 is 5.32 Å². The zero-order valence-corrected chi connectivity index (χ0v) is 17.1. The molecule has 11 heteroatoms. The highest BCUT2D eigenvalue weighted by molar-refractivity contribution is 7.22. The van der Waals surface area contributed by atoms with Crippen LogP contribution in [0.5, 0.6) is 0 Å². The summed E-state index contributed by atoms with van der Waals surface area (Å²) in [5, 5.41) is 10.1. The van der Waals surface area contributed by atoms with Crippen LogP contribution in [0.2, 0.25) is 0 Å². The fourth-order valence-electron chi connectivity index (χ4n) is 3.54. The number of carbonyl (C=O) groups excluding carboxylic acids is 2. The Labute approximate surface area is 177 Å². The Bertz CT molecular complexity index is 1380. The van der Waals surface area contributed by atoms with Crippen LogP contribution >= 0.6 is 11.3 Å². The van der Waals surface area contributed by atoms with Gasteiger partial charge in [-0.25, -0.2) is 23.5 Å². The Hall–Kier alpha value is -3.47.